The molecule has 70 valence electrons. The van der Waals surface area contributed by atoms with Crippen LogP contribution in [-0.2, 0) is 6.54 Å². The van der Waals surface area contributed by atoms with Gasteiger partial charge in [-0.05, 0) is 9.91 Å². The lowest BCUT2D eigenvalue weighted by Gasteiger charge is -1.99. The van der Waals surface area contributed by atoms with Crippen molar-refractivity contribution in [2.75, 3.05) is 7.11 Å². The summed E-state index contributed by atoms with van der Waals surface area (Å²) in [5, 5.41) is 10.4. The van der Waals surface area contributed by atoms with E-state index in [4.69, 9.17) is 10.5 Å². The first kappa shape index (κ1) is 9.40. The van der Waals surface area contributed by atoms with Crippen molar-refractivity contribution in [1.82, 2.24) is 4.98 Å². The molecule has 1 aromatic rings. The van der Waals surface area contributed by atoms with Gasteiger partial charge in [0.25, 0.3) is 0 Å². The van der Waals surface area contributed by atoms with Crippen LogP contribution in [0.15, 0.2) is 12.1 Å². The van der Waals surface area contributed by atoms with Crippen LogP contribution in [0.25, 0.3) is 0 Å². The van der Waals surface area contributed by atoms with Gasteiger partial charge in [0.15, 0.2) is 5.69 Å². The van der Waals surface area contributed by atoms with Crippen molar-refractivity contribution < 1.29 is 9.66 Å². The summed E-state index contributed by atoms with van der Waals surface area (Å²) in [7, 11) is 1.43. The molecule has 0 amide bonds. The number of hydrogen-bond donors (Lipinski definition) is 1. The summed E-state index contributed by atoms with van der Waals surface area (Å²) >= 11 is 0. The van der Waals surface area contributed by atoms with E-state index in [0.717, 1.165) is 0 Å². The molecule has 0 atom stereocenters. The highest BCUT2D eigenvalue weighted by molar-refractivity contribution is 5.34. The second-order valence-electron chi connectivity index (χ2n) is 2.32. The van der Waals surface area contributed by atoms with Crippen molar-refractivity contribution in [3.63, 3.8) is 0 Å². The standard InChI is InChI=1S/C7H9N3O3/c1-13-6-2-5(4-8)9-7(3-6)10(11)12/h2-3H,4,8H2,1H3. The van der Waals surface area contributed by atoms with Crippen molar-refractivity contribution in [3.05, 3.63) is 27.9 Å². The van der Waals surface area contributed by atoms with Crippen molar-refractivity contribution in [2.24, 2.45) is 5.73 Å². The van der Waals surface area contributed by atoms with E-state index in [9.17, 15) is 10.1 Å². The SMILES string of the molecule is COc1cc(CN)nc([N+](=O)[O-])c1. The van der Waals surface area contributed by atoms with E-state index < -0.39 is 4.92 Å². The monoisotopic (exact) mass is 183 g/mol. The summed E-state index contributed by atoms with van der Waals surface area (Å²) in [5.41, 5.74) is 5.74. The van der Waals surface area contributed by atoms with Gasteiger partial charge in [-0.1, -0.05) is 0 Å². The highest BCUT2D eigenvalue weighted by atomic mass is 16.6. The first-order chi connectivity index (χ1) is 6.17. The number of nitrogens with two attached hydrogens (primary N) is 1. The van der Waals surface area contributed by atoms with E-state index >= 15 is 0 Å². The Morgan fingerprint density at radius 2 is 2.38 bits per heavy atom. The number of hydrogen-bond acceptors (Lipinski definition) is 5. The Morgan fingerprint density at radius 1 is 1.69 bits per heavy atom. The summed E-state index contributed by atoms with van der Waals surface area (Å²) in [6.07, 6.45) is 0. The minimum Gasteiger partial charge on any atom is -0.496 e. The summed E-state index contributed by atoms with van der Waals surface area (Å²) < 4.78 is 4.85. The fourth-order valence-electron chi connectivity index (χ4n) is 0.861. The molecule has 1 heterocycles. The minimum atomic E-state index is -0.582. The third-order valence-corrected chi connectivity index (χ3v) is 1.47. The molecule has 0 unspecified atom stereocenters. The summed E-state index contributed by atoms with van der Waals surface area (Å²) in [5.74, 6) is 0.141. The fourth-order valence-corrected chi connectivity index (χ4v) is 0.861. The van der Waals surface area contributed by atoms with Gasteiger partial charge < -0.3 is 20.6 Å². The Hall–Kier alpha value is -1.69. The molecule has 0 fully saturated rings. The Morgan fingerprint density at radius 3 is 2.85 bits per heavy atom. The molecule has 0 aromatic carbocycles. The highest BCUT2D eigenvalue weighted by Crippen LogP contribution is 2.18. The Bertz CT molecular complexity index is 305. The van der Waals surface area contributed by atoms with Gasteiger partial charge in [0.1, 0.15) is 5.75 Å². The quantitative estimate of drug-likeness (QED) is 0.542. The zero-order chi connectivity index (χ0) is 9.84. The number of ether oxygens (including phenoxy) is 1. The maximum atomic E-state index is 10.4. The van der Waals surface area contributed by atoms with Crippen LogP contribution in [0.4, 0.5) is 5.82 Å². The molecular formula is C7H9N3O3. The zero-order valence-electron chi connectivity index (χ0n) is 7.06. The number of pyridine rings is 1. The lowest BCUT2D eigenvalue weighted by molar-refractivity contribution is -0.389. The van der Waals surface area contributed by atoms with Crippen LogP contribution in [0.3, 0.4) is 0 Å². The minimum absolute atomic E-state index is 0.151. The zero-order valence-corrected chi connectivity index (χ0v) is 7.06. The molecule has 0 spiro atoms. The lowest BCUT2D eigenvalue weighted by atomic mass is 10.3. The van der Waals surface area contributed by atoms with E-state index in [1.807, 2.05) is 0 Å². The largest absolute Gasteiger partial charge is 0.496 e. The molecule has 0 aliphatic heterocycles. The molecule has 6 nitrogen and oxygen atoms in total. The number of nitrogens with zero attached hydrogens (tertiary/aromatic N) is 2. The second kappa shape index (κ2) is 3.81. The Labute approximate surface area is 74.5 Å². The van der Waals surface area contributed by atoms with E-state index in [0.29, 0.717) is 11.4 Å². The van der Waals surface area contributed by atoms with Gasteiger partial charge in [-0.2, -0.15) is 0 Å². The highest BCUT2D eigenvalue weighted by Gasteiger charge is 2.12. The van der Waals surface area contributed by atoms with Gasteiger partial charge in [0, 0.05) is 6.07 Å². The van der Waals surface area contributed by atoms with Crippen LogP contribution in [0, 0.1) is 10.1 Å². The summed E-state index contributed by atoms with van der Waals surface area (Å²) in [4.78, 5) is 13.5. The second-order valence-corrected chi connectivity index (χ2v) is 2.32. The van der Waals surface area contributed by atoms with Crippen LogP contribution < -0.4 is 10.5 Å². The first-order valence-electron chi connectivity index (χ1n) is 3.56. The summed E-state index contributed by atoms with van der Waals surface area (Å²) in [6, 6.07) is 2.81. The number of methoxy groups -OCH3 is 1. The molecule has 13 heavy (non-hydrogen) atoms. The maximum absolute atomic E-state index is 10.4. The van der Waals surface area contributed by atoms with E-state index in [1.54, 1.807) is 6.07 Å². The van der Waals surface area contributed by atoms with Gasteiger partial charge in [0.05, 0.1) is 19.7 Å². The number of nitro groups is 1. The van der Waals surface area contributed by atoms with E-state index in [-0.39, 0.29) is 12.4 Å². The molecule has 0 saturated heterocycles. The maximum Gasteiger partial charge on any atom is 0.367 e. The van der Waals surface area contributed by atoms with E-state index in [2.05, 4.69) is 4.98 Å². The third-order valence-electron chi connectivity index (χ3n) is 1.47. The van der Waals surface area contributed by atoms with Gasteiger partial charge in [-0.3, -0.25) is 0 Å². The molecule has 0 saturated carbocycles. The van der Waals surface area contributed by atoms with Crippen LogP contribution >= 0.6 is 0 Å². The lowest BCUT2D eigenvalue weighted by Crippen LogP contribution is -2.03. The van der Waals surface area contributed by atoms with Crippen molar-refractivity contribution in [2.45, 2.75) is 6.54 Å². The number of rotatable bonds is 3. The predicted molar refractivity (Wildman–Crippen MR) is 45.3 cm³/mol. The van der Waals surface area contributed by atoms with Crippen molar-refractivity contribution in [1.29, 1.82) is 0 Å². The summed E-state index contributed by atoms with van der Waals surface area (Å²) in [6.45, 7) is 0.151. The average molecular weight is 183 g/mol. The Balaban J connectivity index is 3.14. The van der Waals surface area contributed by atoms with Crippen LogP contribution in [-0.4, -0.2) is 17.0 Å². The molecule has 1 rings (SSSR count). The van der Waals surface area contributed by atoms with Crippen LogP contribution in [0.5, 0.6) is 5.75 Å². The third kappa shape index (κ3) is 2.12. The van der Waals surface area contributed by atoms with Gasteiger partial charge in [-0.15, -0.1) is 0 Å². The smallest absolute Gasteiger partial charge is 0.367 e. The molecular weight excluding hydrogens is 174 g/mol. The Kier molecular flexibility index (Phi) is 2.76. The molecule has 0 aliphatic carbocycles. The average Bonchev–Trinajstić information content (AvgIpc) is 2.16. The normalized spacial score (nSPS) is 9.69. The first-order valence-corrected chi connectivity index (χ1v) is 3.56. The number of aromatic nitrogens is 1. The molecule has 0 radical (unpaired) electrons. The van der Waals surface area contributed by atoms with Crippen molar-refractivity contribution >= 4 is 5.82 Å². The predicted octanol–water partition coefficient (Wildman–Crippen LogP) is 0.457. The molecule has 0 aliphatic rings. The molecule has 0 bridgehead atoms. The van der Waals surface area contributed by atoms with E-state index in [1.165, 1.54) is 13.2 Å². The van der Waals surface area contributed by atoms with Crippen LogP contribution in [0.2, 0.25) is 0 Å². The fraction of sp³-hybridized carbons (Fsp3) is 0.286. The van der Waals surface area contributed by atoms with Crippen LogP contribution in [0.1, 0.15) is 5.69 Å². The van der Waals surface area contributed by atoms with Gasteiger partial charge >= 0.3 is 5.82 Å². The molecule has 6 heteroatoms. The van der Waals surface area contributed by atoms with Gasteiger partial charge in [-0.25, -0.2) is 0 Å². The van der Waals surface area contributed by atoms with Crippen molar-refractivity contribution in [3.8, 4) is 5.75 Å². The molecule has 1 aromatic heterocycles. The topological polar surface area (TPSA) is 91.3 Å². The van der Waals surface area contributed by atoms with Gasteiger partial charge in [0.2, 0.25) is 0 Å². The molecule has 2 N–H and O–H groups in total.